The summed E-state index contributed by atoms with van der Waals surface area (Å²) in [5, 5.41) is 0. The first kappa shape index (κ1) is 14.0. The lowest BCUT2D eigenvalue weighted by atomic mass is 10.1. The van der Waals surface area contributed by atoms with Crippen molar-refractivity contribution in [1.29, 1.82) is 0 Å². The van der Waals surface area contributed by atoms with Crippen LogP contribution in [-0.2, 0) is 0 Å². The zero-order chi connectivity index (χ0) is 13.4. The fourth-order valence-electron chi connectivity index (χ4n) is 1.52. The van der Waals surface area contributed by atoms with Gasteiger partial charge in [0.2, 0.25) is 0 Å². The van der Waals surface area contributed by atoms with Crippen LogP contribution < -0.4 is 0 Å². The van der Waals surface area contributed by atoms with E-state index in [1.807, 2.05) is 24.3 Å². The summed E-state index contributed by atoms with van der Waals surface area (Å²) in [5.41, 5.74) is 4.98. The minimum Gasteiger partial charge on any atom is -0.0985 e. The second-order valence-electron chi connectivity index (χ2n) is 4.18. The number of aryl methyl sites for hydroxylation is 2. The van der Waals surface area contributed by atoms with Crippen LogP contribution in [0.4, 0.5) is 0 Å². The van der Waals surface area contributed by atoms with E-state index in [-0.39, 0.29) is 0 Å². The van der Waals surface area contributed by atoms with Gasteiger partial charge in [-0.1, -0.05) is 79.4 Å². The molecular formula is C18H20. The maximum atomic E-state index is 3.69. The Kier molecular flexibility index (Phi) is 5.66. The van der Waals surface area contributed by atoms with E-state index in [2.05, 4.69) is 63.4 Å². The zero-order valence-electron chi connectivity index (χ0n) is 11.2. The molecule has 0 saturated carbocycles. The summed E-state index contributed by atoms with van der Waals surface area (Å²) < 4.78 is 0. The van der Waals surface area contributed by atoms with Gasteiger partial charge in [0, 0.05) is 0 Å². The largest absolute Gasteiger partial charge is 0.0985 e. The molecule has 0 amide bonds. The Morgan fingerprint density at radius 3 is 1.83 bits per heavy atom. The maximum Gasteiger partial charge on any atom is -0.0233 e. The smallest absolute Gasteiger partial charge is 0.0233 e. The predicted octanol–water partition coefficient (Wildman–Crippen LogP) is 5.28. The molecule has 0 N–H and O–H groups in total. The van der Waals surface area contributed by atoms with Gasteiger partial charge >= 0.3 is 0 Å². The average molecular weight is 236 g/mol. The minimum absolute atomic E-state index is 1.18. The summed E-state index contributed by atoms with van der Waals surface area (Å²) in [6.45, 7) is 11.5. The molecule has 0 aliphatic rings. The summed E-state index contributed by atoms with van der Waals surface area (Å²) in [6.07, 6.45) is 3.72. The molecule has 0 aromatic heterocycles. The van der Waals surface area contributed by atoms with Gasteiger partial charge in [0.25, 0.3) is 0 Å². The SMILES string of the molecule is C=Cc1ccc(C)cc1.C=Cc1ccccc1C. The van der Waals surface area contributed by atoms with E-state index < -0.39 is 0 Å². The quantitative estimate of drug-likeness (QED) is 0.665. The van der Waals surface area contributed by atoms with Gasteiger partial charge in [-0.25, -0.2) is 0 Å². The van der Waals surface area contributed by atoms with Crippen molar-refractivity contribution in [3.63, 3.8) is 0 Å². The third kappa shape index (κ3) is 4.42. The Hall–Kier alpha value is -2.08. The first-order valence-electron chi connectivity index (χ1n) is 6.04. The summed E-state index contributed by atoms with van der Waals surface area (Å²) in [7, 11) is 0. The summed E-state index contributed by atoms with van der Waals surface area (Å²) in [4.78, 5) is 0. The molecule has 92 valence electrons. The Labute approximate surface area is 110 Å². The molecule has 2 aromatic carbocycles. The lowest BCUT2D eigenvalue weighted by Crippen LogP contribution is -1.75. The Balaban J connectivity index is 0.000000180. The first-order chi connectivity index (χ1) is 8.67. The molecule has 0 radical (unpaired) electrons. The standard InChI is InChI=1S/2C9H10/c1-3-9-6-4-8(2)5-7-9;1-3-9-7-5-4-6-8(9)2/h2*3-7H,1H2,2H3. The summed E-state index contributed by atoms with van der Waals surface area (Å²) in [6, 6.07) is 16.5. The number of benzene rings is 2. The Morgan fingerprint density at radius 1 is 0.778 bits per heavy atom. The predicted molar refractivity (Wildman–Crippen MR) is 82.5 cm³/mol. The van der Waals surface area contributed by atoms with Crippen LogP contribution in [0.1, 0.15) is 22.3 Å². The fourth-order valence-corrected chi connectivity index (χ4v) is 1.52. The maximum absolute atomic E-state index is 3.69. The van der Waals surface area contributed by atoms with E-state index in [9.17, 15) is 0 Å². The normalized spacial score (nSPS) is 9.00. The lowest BCUT2D eigenvalue weighted by molar-refractivity contribution is 1.45. The molecule has 2 rings (SSSR count). The van der Waals surface area contributed by atoms with E-state index >= 15 is 0 Å². The van der Waals surface area contributed by atoms with Gasteiger partial charge < -0.3 is 0 Å². The van der Waals surface area contributed by atoms with Gasteiger partial charge in [0.15, 0.2) is 0 Å². The van der Waals surface area contributed by atoms with Gasteiger partial charge in [0.1, 0.15) is 0 Å². The molecule has 0 heterocycles. The van der Waals surface area contributed by atoms with Crippen LogP contribution in [0, 0.1) is 13.8 Å². The van der Waals surface area contributed by atoms with Crippen molar-refractivity contribution in [2.75, 3.05) is 0 Å². The van der Waals surface area contributed by atoms with Gasteiger partial charge in [-0.05, 0) is 30.5 Å². The summed E-state index contributed by atoms with van der Waals surface area (Å²) in [5.74, 6) is 0. The number of hydrogen-bond acceptors (Lipinski definition) is 0. The van der Waals surface area contributed by atoms with Crippen molar-refractivity contribution in [2.24, 2.45) is 0 Å². The minimum atomic E-state index is 1.18. The molecule has 0 saturated heterocycles. The van der Waals surface area contributed by atoms with E-state index in [1.54, 1.807) is 0 Å². The van der Waals surface area contributed by atoms with Gasteiger partial charge in [0.05, 0.1) is 0 Å². The molecule has 18 heavy (non-hydrogen) atoms. The average Bonchev–Trinajstić information content (AvgIpc) is 2.41. The molecule has 2 aromatic rings. The molecule has 0 spiro atoms. The summed E-state index contributed by atoms with van der Waals surface area (Å²) >= 11 is 0. The molecule has 0 unspecified atom stereocenters. The van der Waals surface area contributed by atoms with E-state index in [0.717, 1.165) is 0 Å². The van der Waals surface area contributed by atoms with E-state index in [0.29, 0.717) is 0 Å². The monoisotopic (exact) mass is 236 g/mol. The number of hydrogen-bond donors (Lipinski definition) is 0. The van der Waals surface area contributed by atoms with Gasteiger partial charge in [-0.15, -0.1) is 0 Å². The van der Waals surface area contributed by atoms with Crippen LogP contribution in [0.25, 0.3) is 12.2 Å². The topological polar surface area (TPSA) is 0 Å². The van der Waals surface area contributed by atoms with Gasteiger partial charge in [-0.2, -0.15) is 0 Å². The van der Waals surface area contributed by atoms with Crippen molar-refractivity contribution < 1.29 is 0 Å². The van der Waals surface area contributed by atoms with Crippen LogP contribution in [0.5, 0.6) is 0 Å². The highest BCUT2D eigenvalue weighted by Crippen LogP contribution is 2.06. The number of rotatable bonds is 2. The zero-order valence-corrected chi connectivity index (χ0v) is 11.2. The molecule has 0 aliphatic carbocycles. The van der Waals surface area contributed by atoms with Crippen LogP contribution in [-0.4, -0.2) is 0 Å². The van der Waals surface area contributed by atoms with Crippen LogP contribution in [0.15, 0.2) is 61.7 Å². The molecule has 0 fully saturated rings. The van der Waals surface area contributed by atoms with Crippen LogP contribution in [0.3, 0.4) is 0 Å². The van der Waals surface area contributed by atoms with Crippen molar-refractivity contribution in [3.8, 4) is 0 Å². The molecule has 0 atom stereocenters. The second-order valence-corrected chi connectivity index (χ2v) is 4.18. The van der Waals surface area contributed by atoms with Crippen molar-refractivity contribution in [1.82, 2.24) is 0 Å². The molecule has 0 heteroatoms. The highest BCUT2D eigenvalue weighted by molar-refractivity contribution is 5.50. The van der Waals surface area contributed by atoms with Crippen molar-refractivity contribution in [3.05, 3.63) is 83.9 Å². The Morgan fingerprint density at radius 2 is 1.39 bits per heavy atom. The fraction of sp³-hybridized carbons (Fsp3) is 0.111. The van der Waals surface area contributed by atoms with Crippen LogP contribution >= 0.6 is 0 Å². The molecule has 0 bridgehead atoms. The van der Waals surface area contributed by atoms with Crippen LogP contribution in [0.2, 0.25) is 0 Å². The van der Waals surface area contributed by atoms with Gasteiger partial charge in [-0.3, -0.25) is 0 Å². The van der Waals surface area contributed by atoms with E-state index in [4.69, 9.17) is 0 Å². The highest BCUT2D eigenvalue weighted by Gasteiger charge is 1.86. The highest BCUT2D eigenvalue weighted by atomic mass is 13.9. The first-order valence-corrected chi connectivity index (χ1v) is 6.04. The second kappa shape index (κ2) is 7.29. The molecular weight excluding hydrogens is 216 g/mol. The molecule has 0 nitrogen and oxygen atoms in total. The van der Waals surface area contributed by atoms with Crippen molar-refractivity contribution in [2.45, 2.75) is 13.8 Å². The van der Waals surface area contributed by atoms with E-state index in [1.165, 1.54) is 22.3 Å². The lowest BCUT2D eigenvalue weighted by Gasteiger charge is -1.95. The Bertz CT molecular complexity index is 504. The third-order valence-corrected chi connectivity index (χ3v) is 2.72. The molecule has 0 aliphatic heterocycles. The third-order valence-electron chi connectivity index (χ3n) is 2.72. The van der Waals surface area contributed by atoms with Crippen molar-refractivity contribution >= 4 is 12.2 Å².